The molecule has 2 saturated heterocycles. The van der Waals surface area contributed by atoms with Gasteiger partial charge in [0, 0.05) is 18.9 Å². The van der Waals surface area contributed by atoms with Gasteiger partial charge in [-0.05, 0) is 0 Å². The first-order valence-electron chi connectivity index (χ1n) is 4.92. The first-order chi connectivity index (χ1) is 6.56. The molecule has 0 aromatic rings. The lowest BCUT2D eigenvalue weighted by molar-refractivity contribution is -0.372. The van der Waals surface area contributed by atoms with Crippen molar-refractivity contribution in [1.29, 1.82) is 0 Å². The predicted molar refractivity (Wildman–Crippen MR) is 46.2 cm³/mol. The van der Waals surface area contributed by atoms with E-state index in [0.717, 1.165) is 0 Å². The van der Waals surface area contributed by atoms with Crippen LogP contribution in [0, 0.1) is 5.92 Å². The molecule has 0 aromatic heterocycles. The molecule has 0 bridgehead atoms. The zero-order chi connectivity index (χ0) is 10.2. The van der Waals surface area contributed by atoms with Crippen molar-refractivity contribution >= 4 is 0 Å². The van der Waals surface area contributed by atoms with Gasteiger partial charge in [-0.2, -0.15) is 8.78 Å². The van der Waals surface area contributed by atoms with Crippen LogP contribution in [0.25, 0.3) is 0 Å². The maximum absolute atomic E-state index is 13.6. The molecule has 2 aliphatic rings. The van der Waals surface area contributed by atoms with Crippen molar-refractivity contribution in [1.82, 2.24) is 5.32 Å². The molecule has 0 saturated carbocycles. The van der Waals surface area contributed by atoms with E-state index in [2.05, 4.69) is 5.32 Å². The first-order valence-corrected chi connectivity index (χ1v) is 4.92. The molecule has 2 rings (SSSR count). The van der Waals surface area contributed by atoms with Gasteiger partial charge in [-0.3, -0.25) is 0 Å². The molecule has 1 spiro atoms. The van der Waals surface area contributed by atoms with E-state index in [4.69, 9.17) is 9.47 Å². The van der Waals surface area contributed by atoms with E-state index < -0.39 is 11.7 Å². The SMILES string of the molecule is CC1COC2(CCNCC2(F)F)OC1. The van der Waals surface area contributed by atoms with Crippen molar-refractivity contribution in [2.75, 3.05) is 26.3 Å². The highest BCUT2D eigenvalue weighted by Gasteiger charge is 2.59. The fourth-order valence-electron chi connectivity index (χ4n) is 1.81. The zero-order valence-electron chi connectivity index (χ0n) is 8.19. The maximum Gasteiger partial charge on any atom is 0.312 e. The summed E-state index contributed by atoms with van der Waals surface area (Å²) in [6, 6.07) is 0. The number of ether oxygens (including phenoxy) is 2. The number of piperidine rings is 1. The normalized spacial score (nSPS) is 42.6. The minimum atomic E-state index is -2.93. The molecule has 0 aliphatic carbocycles. The summed E-state index contributed by atoms with van der Waals surface area (Å²) < 4.78 is 37.6. The maximum atomic E-state index is 13.6. The topological polar surface area (TPSA) is 30.5 Å². The highest BCUT2D eigenvalue weighted by atomic mass is 19.3. The summed E-state index contributed by atoms with van der Waals surface area (Å²) in [5.74, 6) is -4.39. The number of hydrogen-bond acceptors (Lipinski definition) is 3. The van der Waals surface area contributed by atoms with Crippen LogP contribution in [0.5, 0.6) is 0 Å². The highest BCUT2D eigenvalue weighted by Crippen LogP contribution is 2.40. The van der Waals surface area contributed by atoms with Crippen molar-refractivity contribution in [3.63, 3.8) is 0 Å². The standard InChI is InChI=1S/C9H15F2NO2/c1-7-4-13-9(14-5-7)2-3-12-6-8(9,10)11/h7,12H,2-6H2,1H3. The van der Waals surface area contributed by atoms with Gasteiger partial charge in [-0.1, -0.05) is 6.92 Å². The third-order valence-corrected chi connectivity index (χ3v) is 2.74. The molecule has 2 fully saturated rings. The van der Waals surface area contributed by atoms with Gasteiger partial charge in [-0.25, -0.2) is 0 Å². The Labute approximate surface area is 81.8 Å². The summed E-state index contributed by atoms with van der Waals surface area (Å²) in [7, 11) is 0. The number of rotatable bonds is 0. The quantitative estimate of drug-likeness (QED) is 0.642. The van der Waals surface area contributed by atoms with Gasteiger partial charge in [0.15, 0.2) is 0 Å². The van der Waals surface area contributed by atoms with Crippen LogP contribution in [-0.2, 0) is 9.47 Å². The van der Waals surface area contributed by atoms with Gasteiger partial charge < -0.3 is 14.8 Å². The van der Waals surface area contributed by atoms with Crippen molar-refractivity contribution < 1.29 is 18.3 Å². The summed E-state index contributed by atoms with van der Waals surface area (Å²) in [4.78, 5) is 0. The van der Waals surface area contributed by atoms with Crippen molar-refractivity contribution in [3.8, 4) is 0 Å². The van der Waals surface area contributed by atoms with Crippen LogP contribution in [0.2, 0.25) is 0 Å². The second-order valence-corrected chi connectivity index (χ2v) is 4.11. The summed E-state index contributed by atoms with van der Waals surface area (Å²) in [5, 5.41) is 2.65. The van der Waals surface area contributed by atoms with E-state index in [1.165, 1.54) is 0 Å². The van der Waals surface area contributed by atoms with Crippen LogP contribution in [0.1, 0.15) is 13.3 Å². The number of hydrogen-bond donors (Lipinski definition) is 1. The molecule has 0 radical (unpaired) electrons. The second kappa shape index (κ2) is 3.40. The Morgan fingerprint density at radius 1 is 1.29 bits per heavy atom. The Hall–Kier alpha value is -0.260. The van der Waals surface area contributed by atoms with Gasteiger partial charge in [0.2, 0.25) is 5.79 Å². The van der Waals surface area contributed by atoms with Gasteiger partial charge in [0.1, 0.15) is 0 Å². The zero-order valence-corrected chi connectivity index (χ0v) is 8.19. The molecule has 5 heteroatoms. The smallest absolute Gasteiger partial charge is 0.312 e. The van der Waals surface area contributed by atoms with Gasteiger partial charge >= 0.3 is 5.92 Å². The molecule has 0 unspecified atom stereocenters. The van der Waals surface area contributed by atoms with Crippen LogP contribution < -0.4 is 5.32 Å². The van der Waals surface area contributed by atoms with Crippen LogP contribution in [0.15, 0.2) is 0 Å². The van der Waals surface area contributed by atoms with E-state index in [0.29, 0.717) is 19.8 Å². The van der Waals surface area contributed by atoms with Gasteiger partial charge in [0.25, 0.3) is 0 Å². The summed E-state index contributed by atoms with van der Waals surface area (Å²) in [5.41, 5.74) is 0. The van der Waals surface area contributed by atoms with E-state index in [1.807, 2.05) is 6.92 Å². The highest BCUT2D eigenvalue weighted by molar-refractivity contribution is 4.95. The van der Waals surface area contributed by atoms with Crippen LogP contribution in [-0.4, -0.2) is 38.0 Å². The Morgan fingerprint density at radius 2 is 1.93 bits per heavy atom. The number of nitrogens with one attached hydrogen (secondary N) is 1. The molecular weight excluding hydrogens is 192 g/mol. The molecule has 2 heterocycles. The van der Waals surface area contributed by atoms with E-state index in [1.54, 1.807) is 0 Å². The fraction of sp³-hybridized carbons (Fsp3) is 1.00. The Kier molecular flexibility index (Phi) is 2.49. The molecule has 82 valence electrons. The number of halogens is 2. The second-order valence-electron chi connectivity index (χ2n) is 4.11. The Morgan fingerprint density at radius 3 is 2.50 bits per heavy atom. The average molecular weight is 207 g/mol. The molecule has 0 amide bonds. The van der Waals surface area contributed by atoms with Crippen LogP contribution in [0.3, 0.4) is 0 Å². The first kappa shape index (κ1) is 10.3. The average Bonchev–Trinajstić information content (AvgIpc) is 2.14. The van der Waals surface area contributed by atoms with E-state index in [-0.39, 0.29) is 18.9 Å². The van der Waals surface area contributed by atoms with E-state index >= 15 is 0 Å². The lowest BCUT2D eigenvalue weighted by Crippen LogP contribution is -2.64. The minimum absolute atomic E-state index is 0.200. The molecular formula is C9H15F2NO2. The third kappa shape index (κ3) is 1.53. The summed E-state index contributed by atoms with van der Waals surface area (Å²) in [6.07, 6.45) is 0.215. The third-order valence-electron chi connectivity index (χ3n) is 2.74. The molecule has 0 atom stereocenters. The Bertz CT molecular complexity index is 215. The lowest BCUT2D eigenvalue weighted by Gasteiger charge is -2.46. The summed E-state index contributed by atoms with van der Waals surface area (Å²) >= 11 is 0. The predicted octanol–water partition coefficient (Wildman–Crippen LogP) is 0.994. The largest absolute Gasteiger partial charge is 0.344 e. The monoisotopic (exact) mass is 207 g/mol. The molecule has 0 aromatic carbocycles. The van der Waals surface area contributed by atoms with E-state index in [9.17, 15) is 8.78 Å². The van der Waals surface area contributed by atoms with Crippen LogP contribution in [0.4, 0.5) is 8.78 Å². The molecule has 2 aliphatic heterocycles. The summed E-state index contributed by atoms with van der Waals surface area (Å²) in [6.45, 7) is 2.79. The van der Waals surface area contributed by atoms with Crippen molar-refractivity contribution in [2.45, 2.75) is 25.1 Å². The van der Waals surface area contributed by atoms with Crippen molar-refractivity contribution in [2.24, 2.45) is 5.92 Å². The molecule has 3 nitrogen and oxygen atoms in total. The molecule has 1 N–H and O–H groups in total. The molecule has 14 heavy (non-hydrogen) atoms. The lowest BCUT2D eigenvalue weighted by atomic mass is 9.99. The number of alkyl halides is 2. The Balaban J connectivity index is 2.12. The van der Waals surface area contributed by atoms with Crippen molar-refractivity contribution in [3.05, 3.63) is 0 Å². The fourth-order valence-corrected chi connectivity index (χ4v) is 1.81. The van der Waals surface area contributed by atoms with Gasteiger partial charge in [0.05, 0.1) is 19.8 Å². The minimum Gasteiger partial charge on any atom is -0.344 e. The van der Waals surface area contributed by atoms with Crippen LogP contribution >= 0.6 is 0 Å². The van der Waals surface area contributed by atoms with Gasteiger partial charge in [-0.15, -0.1) is 0 Å².